The van der Waals surface area contributed by atoms with Gasteiger partial charge < -0.3 is 14.2 Å². The van der Waals surface area contributed by atoms with E-state index in [-0.39, 0.29) is 31.1 Å². The molecule has 0 aliphatic carbocycles. The normalized spacial score (nSPS) is 12.0. The van der Waals surface area contributed by atoms with Crippen molar-refractivity contribution in [1.29, 1.82) is 0 Å². The van der Waals surface area contributed by atoms with Gasteiger partial charge >= 0.3 is 17.9 Å². The number of carbonyl (C=O) groups is 3. The van der Waals surface area contributed by atoms with Crippen molar-refractivity contribution in [3.63, 3.8) is 0 Å². The van der Waals surface area contributed by atoms with E-state index in [2.05, 4.69) is 32.9 Å². The summed E-state index contributed by atoms with van der Waals surface area (Å²) in [6, 6.07) is 0. The third-order valence-corrected chi connectivity index (χ3v) is 15.5. The van der Waals surface area contributed by atoms with Crippen molar-refractivity contribution >= 4 is 17.9 Å². The second kappa shape index (κ2) is 63.7. The highest BCUT2D eigenvalue weighted by Gasteiger charge is 2.19. The summed E-state index contributed by atoms with van der Waals surface area (Å²) < 4.78 is 17.0. The maximum atomic E-state index is 12.9. The molecule has 0 aromatic rings. The molecule has 0 fully saturated rings. The summed E-state index contributed by atoms with van der Waals surface area (Å²) in [5.41, 5.74) is 0. The van der Waals surface area contributed by atoms with Gasteiger partial charge in [-0.05, 0) is 44.9 Å². The predicted octanol–water partition coefficient (Wildman–Crippen LogP) is 22.8. The van der Waals surface area contributed by atoms with Crippen LogP contribution in [-0.4, -0.2) is 37.2 Å². The first kappa shape index (κ1) is 72.2. The average Bonchev–Trinajstić information content (AvgIpc) is 3.40. The van der Waals surface area contributed by atoms with Crippen LogP contribution in [0.5, 0.6) is 0 Å². The van der Waals surface area contributed by atoms with Gasteiger partial charge in [-0.1, -0.05) is 335 Å². The Morgan fingerprint density at radius 1 is 0.257 bits per heavy atom. The average molecular weight is 1040 g/mol. The van der Waals surface area contributed by atoms with Crippen molar-refractivity contribution in [2.45, 2.75) is 393 Å². The van der Waals surface area contributed by atoms with Crippen LogP contribution in [0.3, 0.4) is 0 Å². The molecule has 0 aromatic carbocycles. The van der Waals surface area contributed by atoms with Crippen LogP contribution in [0.25, 0.3) is 0 Å². The molecule has 0 aromatic heterocycles. The second-order valence-corrected chi connectivity index (χ2v) is 23.1. The van der Waals surface area contributed by atoms with E-state index in [0.29, 0.717) is 19.3 Å². The molecule has 0 radical (unpaired) electrons. The summed E-state index contributed by atoms with van der Waals surface area (Å²) in [5.74, 6) is -0.843. The lowest BCUT2D eigenvalue weighted by Crippen LogP contribution is -2.30. The number of hydrogen-bond acceptors (Lipinski definition) is 6. The molecular formula is C68H130O6. The summed E-state index contributed by atoms with van der Waals surface area (Å²) in [6.07, 6.45) is 75.2. The summed E-state index contributed by atoms with van der Waals surface area (Å²) in [4.78, 5) is 38.3. The Kier molecular flexibility index (Phi) is 62.1. The van der Waals surface area contributed by atoms with Crippen LogP contribution in [0.4, 0.5) is 0 Å². The second-order valence-electron chi connectivity index (χ2n) is 23.1. The maximum absolute atomic E-state index is 12.9. The highest BCUT2D eigenvalue weighted by Crippen LogP contribution is 2.19. The van der Waals surface area contributed by atoms with Gasteiger partial charge in [0.15, 0.2) is 6.10 Å². The number of carbonyl (C=O) groups excluding carboxylic acids is 3. The molecule has 0 heterocycles. The smallest absolute Gasteiger partial charge is 0.306 e. The Morgan fingerprint density at radius 3 is 0.703 bits per heavy atom. The number of hydrogen-bond donors (Lipinski definition) is 0. The molecule has 0 rings (SSSR count). The number of allylic oxidation sites excluding steroid dienone is 2. The van der Waals surface area contributed by atoms with Crippen LogP contribution in [0.2, 0.25) is 0 Å². The molecular weight excluding hydrogens is 913 g/mol. The summed E-state index contributed by atoms with van der Waals surface area (Å²) in [5, 5.41) is 0. The van der Waals surface area contributed by atoms with Crippen LogP contribution in [-0.2, 0) is 28.6 Å². The summed E-state index contributed by atoms with van der Waals surface area (Å²) in [6.45, 7) is 6.69. The van der Waals surface area contributed by atoms with Crippen molar-refractivity contribution in [1.82, 2.24) is 0 Å². The number of rotatable bonds is 63. The van der Waals surface area contributed by atoms with Crippen molar-refractivity contribution in [2.24, 2.45) is 0 Å². The molecule has 0 saturated heterocycles. The standard InChI is InChI=1S/C68H130O6/c1-4-7-10-13-16-19-22-25-27-29-31-33-34-36-37-39-41-43-46-49-52-55-58-61-67(70)73-64-65(63-72-66(69)60-57-54-51-48-45-24-21-18-15-12-9-6-3)74-68(71)62-59-56-53-50-47-44-42-40-38-35-32-30-28-26-23-20-17-14-11-8-5-2/h18,21,65H,4-17,19-20,22-64H2,1-3H3/b21-18-. The molecule has 1 atom stereocenters. The van der Waals surface area contributed by atoms with Gasteiger partial charge in [0.05, 0.1) is 0 Å². The third-order valence-electron chi connectivity index (χ3n) is 15.5. The Bertz CT molecular complexity index is 1150. The first-order valence-corrected chi connectivity index (χ1v) is 33.7. The van der Waals surface area contributed by atoms with E-state index >= 15 is 0 Å². The van der Waals surface area contributed by atoms with Gasteiger partial charge in [0.2, 0.25) is 0 Å². The highest BCUT2D eigenvalue weighted by atomic mass is 16.6. The molecule has 6 nitrogen and oxygen atoms in total. The first-order valence-electron chi connectivity index (χ1n) is 33.7. The Hall–Kier alpha value is -1.85. The van der Waals surface area contributed by atoms with Crippen LogP contribution in [0, 0.1) is 0 Å². The lowest BCUT2D eigenvalue weighted by Gasteiger charge is -2.18. The molecule has 0 aliphatic heterocycles. The topological polar surface area (TPSA) is 78.9 Å². The molecule has 0 aliphatic rings. The Morgan fingerprint density at radius 2 is 0.446 bits per heavy atom. The van der Waals surface area contributed by atoms with Gasteiger partial charge in [0.25, 0.3) is 0 Å². The SMILES string of the molecule is CCCCC/C=C\CCCCCCCC(=O)OCC(COC(=O)CCCCCCCCCCCCCCCCCCCCCCCCC)OC(=O)CCCCCCCCCCCCCCCCCCCCCCC. The lowest BCUT2D eigenvalue weighted by molar-refractivity contribution is -0.167. The molecule has 0 spiro atoms. The van der Waals surface area contributed by atoms with E-state index in [1.165, 1.54) is 283 Å². The van der Waals surface area contributed by atoms with Crippen molar-refractivity contribution < 1.29 is 28.6 Å². The number of unbranched alkanes of at least 4 members (excludes halogenated alkanes) is 50. The zero-order valence-electron chi connectivity index (χ0n) is 50.4. The van der Waals surface area contributed by atoms with Gasteiger partial charge in [-0.15, -0.1) is 0 Å². The molecule has 0 saturated carbocycles. The largest absolute Gasteiger partial charge is 0.462 e. The minimum Gasteiger partial charge on any atom is -0.462 e. The van der Waals surface area contributed by atoms with Crippen molar-refractivity contribution in [2.75, 3.05) is 13.2 Å². The van der Waals surface area contributed by atoms with Gasteiger partial charge in [-0.3, -0.25) is 14.4 Å². The molecule has 0 N–H and O–H groups in total. The zero-order chi connectivity index (χ0) is 53.6. The third kappa shape index (κ3) is 61.0. The highest BCUT2D eigenvalue weighted by molar-refractivity contribution is 5.71. The zero-order valence-corrected chi connectivity index (χ0v) is 50.4. The molecule has 0 bridgehead atoms. The minimum atomic E-state index is -0.769. The van der Waals surface area contributed by atoms with Crippen molar-refractivity contribution in [3.8, 4) is 0 Å². The first-order chi connectivity index (χ1) is 36.5. The Balaban J connectivity index is 4.20. The molecule has 438 valence electrons. The van der Waals surface area contributed by atoms with Crippen LogP contribution in [0.1, 0.15) is 387 Å². The van der Waals surface area contributed by atoms with Crippen LogP contribution in [0.15, 0.2) is 12.2 Å². The molecule has 0 amide bonds. The van der Waals surface area contributed by atoms with Gasteiger partial charge in [-0.2, -0.15) is 0 Å². The molecule has 6 heteroatoms. The number of esters is 3. The predicted molar refractivity (Wildman–Crippen MR) is 321 cm³/mol. The van der Waals surface area contributed by atoms with Crippen molar-refractivity contribution in [3.05, 3.63) is 12.2 Å². The Labute approximate surface area is 462 Å². The van der Waals surface area contributed by atoms with E-state index < -0.39 is 6.10 Å². The lowest BCUT2D eigenvalue weighted by atomic mass is 10.0. The van der Waals surface area contributed by atoms with Gasteiger partial charge in [-0.25, -0.2) is 0 Å². The van der Waals surface area contributed by atoms with E-state index in [4.69, 9.17) is 14.2 Å². The fraction of sp³-hybridized carbons (Fsp3) is 0.926. The van der Waals surface area contributed by atoms with Gasteiger partial charge in [0.1, 0.15) is 13.2 Å². The maximum Gasteiger partial charge on any atom is 0.306 e. The quantitative estimate of drug-likeness (QED) is 0.0261. The van der Waals surface area contributed by atoms with E-state index in [1.54, 1.807) is 0 Å². The summed E-state index contributed by atoms with van der Waals surface area (Å²) >= 11 is 0. The molecule has 1 unspecified atom stereocenters. The monoisotopic (exact) mass is 1040 g/mol. The van der Waals surface area contributed by atoms with Gasteiger partial charge in [0, 0.05) is 19.3 Å². The molecule has 74 heavy (non-hydrogen) atoms. The minimum absolute atomic E-state index is 0.0659. The van der Waals surface area contributed by atoms with Crippen LogP contribution < -0.4 is 0 Å². The summed E-state index contributed by atoms with van der Waals surface area (Å²) in [7, 11) is 0. The fourth-order valence-electron chi connectivity index (χ4n) is 10.4. The number of ether oxygens (including phenoxy) is 3. The van der Waals surface area contributed by atoms with E-state index in [9.17, 15) is 14.4 Å². The van der Waals surface area contributed by atoms with E-state index in [0.717, 1.165) is 64.2 Å². The fourth-order valence-corrected chi connectivity index (χ4v) is 10.4. The van der Waals surface area contributed by atoms with Crippen LogP contribution >= 0.6 is 0 Å². The van der Waals surface area contributed by atoms with E-state index in [1.807, 2.05) is 0 Å².